The lowest BCUT2D eigenvalue weighted by Crippen LogP contribution is -2.44. The SMILES string of the molecule is CCC1C=C(Br)C=CC1(N)CC. The van der Waals surface area contributed by atoms with Gasteiger partial charge in [-0.05, 0) is 18.8 Å². The Labute approximate surface area is 82.8 Å². The number of hydrogen-bond acceptors (Lipinski definition) is 1. The quantitative estimate of drug-likeness (QED) is 0.775. The van der Waals surface area contributed by atoms with E-state index in [1.165, 1.54) is 0 Å². The van der Waals surface area contributed by atoms with E-state index in [-0.39, 0.29) is 5.54 Å². The van der Waals surface area contributed by atoms with Gasteiger partial charge in [-0.1, -0.05) is 48.0 Å². The minimum Gasteiger partial charge on any atom is -0.321 e. The molecule has 2 N–H and O–H groups in total. The highest BCUT2D eigenvalue weighted by atomic mass is 79.9. The maximum atomic E-state index is 6.22. The molecular weight excluding hydrogens is 214 g/mol. The third-order valence-electron chi connectivity index (χ3n) is 2.66. The molecule has 0 aromatic carbocycles. The van der Waals surface area contributed by atoms with E-state index >= 15 is 0 Å². The Kier molecular flexibility index (Phi) is 3.13. The van der Waals surface area contributed by atoms with Gasteiger partial charge < -0.3 is 5.73 Å². The van der Waals surface area contributed by atoms with Crippen LogP contribution in [0.15, 0.2) is 22.7 Å². The highest BCUT2D eigenvalue weighted by Crippen LogP contribution is 2.31. The van der Waals surface area contributed by atoms with Gasteiger partial charge in [0.1, 0.15) is 0 Å². The fraction of sp³-hybridized carbons (Fsp3) is 0.600. The standard InChI is InChI=1S/C10H16BrN/c1-3-8-7-9(11)5-6-10(8,12)4-2/h5-8H,3-4,12H2,1-2H3. The Balaban J connectivity index is 2.86. The molecule has 1 nitrogen and oxygen atoms in total. The van der Waals surface area contributed by atoms with E-state index < -0.39 is 0 Å². The first-order valence-electron chi connectivity index (χ1n) is 4.48. The summed E-state index contributed by atoms with van der Waals surface area (Å²) < 4.78 is 1.16. The van der Waals surface area contributed by atoms with E-state index in [2.05, 4.69) is 48.0 Å². The maximum Gasteiger partial charge on any atom is 0.0403 e. The lowest BCUT2D eigenvalue weighted by atomic mass is 9.78. The van der Waals surface area contributed by atoms with Gasteiger partial charge in [0.05, 0.1) is 0 Å². The average Bonchev–Trinajstić information content (AvgIpc) is 2.09. The Hall–Kier alpha value is -0.0800. The van der Waals surface area contributed by atoms with E-state index in [0.29, 0.717) is 5.92 Å². The maximum absolute atomic E-state index is 6.22. The summed E-state index contributed by atoms with van der Waals surface area (Å²) in [6.45, 7) is 4.32. The van der Waals surface area contributed by atoms with Crippen molar-refractivity contribution in [2.75, 3.05) is 0 Å². The van der Waals surface area contributed by atoms with E-state index in [1.807, 2.05) is 0 Å². The van der Waals surface area contributed by atoms with E-state index in [9.17, 15) is 0 Å². The van der Waals surface area contributed by atoms with Gasteiger partial charge in [0.25, 0.3) is 0 Å². The molecule has 0 heterocycles. The lowest BCUT2D eigenvalue weighted by Gasteiger charge is -2.34. The zero-order chi connectivity index (χ0) is 9.19. The summed E-state index contributed by atoms with van der Waals surface area (Å²) in [5.41, 5.74) is 6.10. The van der Waals surface area contributed by atoms with Gasteiger partial charge >= 0.3 is 0 Å². The fourth-order valence-corrected chi connectivity index (χ4v) is 2.09. The van der Waals surface area contributed by atoms with Crippen LogP contribution in [0.3, 0.4) is 0 Å². The Bertz CT molecular complexity index is 220. The molecule has 0 aromatic heterocycles. The number of nitrogens with two attached hydrogens (primary N) is 1. The van der Waals surface area contributed by atoms with Crippen LogP contribution >= 0.6 is 15.9 Å². The van der Waals surface area contributed by atoms with Crippen LogP contribution in [0.25, 0.3) is 0 Å². The normalized spacial score (nSPS) is 35.0. The molecular formula is C10H16BrN. The molecule has 0 bridgehead atoms. The van der Waals surface area contributed by atoms with Crippen LogP contribution in [0.1, 0.15) is 26.7 Å². The molecule has 2 atom stereocenters. The highest BCUT2D eigenvalue weighted by Gasteiger charge is 2.29. The third-order valence-corrected chi connectivity index (χ3v) is 3.18. The van der Waals surface area contributed by atoms with Gasteiger partial charge in [-0.2, -0.15) is 0 Å². The average molecular weight is 230 g/mol. The molecule has 1 aliphatic rings. The Morgan fingerprint density at radius 3 is 2.75 bits per heavy atom. The predicted molar refractivity (Wildman–Crippen MR) is 57.1 cm³/mol. The summed E-state index contributed by atoms with van der Waals surface area (Å²) in [6, 6.07) is 0. The molecule has 2 heteroatoms. The smallest absolute Gasteiger partial charge is 0.0403 e. The summed E-state index contributed by atoms with van der Waals surface area (Å²) in [5, 5.41) is 0. The summed E-state index contributed by atoms with van der Waals surface area (Å²) >= 11 is 3.47. The van der Waals surface area contributed by atoms with Gasteiger partial charge in [0.2, 0.25) is 0 Å². The minimum atomic E-state index is -0.119. The highest BCUT2D eigenvalue weighted by molar-refractivity contribution is 9.11. The second-order valence-electron chi connectivity index (χ2n) is 3.37. The summed E-state index contributed by atoms with van der Waals surface area (Å²) in [7, 11) is 0. The van der Waals surface area contributed by atoms with Crippen molar-refractivity contribution in [1.29, 1.82) is 0 Å². The molecule has 0 fully saturated rings. The van der Waals surface area contributed by atoms with Crippen LogP contribution in [0.2, 0.25) is 0 Å². The van der Waals surface area contributed by atoms with Gasteiger partial charge in [-0.15, -0.1) is 0 Å². The number of rotatable bonds is 2. The second kappa shape index (κ2) is 3.75. The molecule has 0 amide bonds. The molecule has 0 radical (unpaired) electrons. The zero-order valence-corrected chi connectivity index (χ0v) is 9.26. The van der Waals surface area contributed by atoms with Crippen molar-refractivity contribution < 1.29 is 0 Å². The van der Waals surface area contributed by atoms with Crippen molar-refractivity contribution in [3.05, 3.63) is 22.7 Å². The summed E-state index contributed by atoms with van der Waals surface area (Å²) in [6.07, 6.45) is 8.48. The monoisotopic (exact) mass is 229 g/mol. The predicted octanol–water partition coefficient (Wildman–Crippen LogP) is 2.97. The molecule has 0 saturated carbocycles. The van der Waals surface area contributed by atoms with Crippen molar-refractivity contribution in [2.45, 2.75) is 32.2 Å². The molecule has 2 unspecified atom stereocenters. The number of halogens is 1. The van der Waals surface area contributed by atoms with Gasteiger partial charge in [0.15, 0.2) is 0 Å². The van der Waals surface area contributed by atoms with Gasteiger partial charge in [-0.25, -0.2) is 0 Å². The van der Waals surface area contributed by atoms with Gasteiger partial charge in [-0.3, -0.25) is 0 Å². The van der Waals surface area contributed by atoms with Crippen LogP contribution in [0.4, 0.5) is 0 Å². The van der Waals surface area contributed by atoms with Crippen LogP contribution in [-0.2, 0) is 0 Å². The van der Waals surface area contributed by atoms with Crippen LogP contribution in [-0.4, -0.2) is 5.54 Å². The minimum absolute atomic E-state index is 0.119. The molecule has 1 rings (SSSR count). The van der Waals surface area contributed by atoms with E-state index in [4.69, 9.17) is 5.73 Å². The fourth-order valence-electron chi connectivity index (χ4n) is 1.64. The Morgan fingerprint density at radius 2 is 2.25 bits per heavy atom. The molecule has 0 aliphatic heterocycles. The lowest BCUT2D eigenvalue weighted by molar-refractivity contribution is 0.369. The molecule has 1 aliphatic carbocycles. The molecule has 68 valence electrons. The molecule has 0 saturated heterocycles. The largest absolute Gasteiger partial charge is 0.321 e. The topological polar surface area (TPSA) is 26.0 Å². The van der Waals surface area contributed by atoms with Crippen LogP contribution < -0.4 is 5.73 Å². The van der Waals surface area contributed by atoms with Crippen molar-refractivity contribution >= 4 is 15.9 Å². The molecule has 0 spiro atoms. The van der Waals surface area contributed by atoms with Crippen LogP contribution in [0, 0.1) is 5.92 Å². The first kappa shape index (κ1) is 10.0. The van der Waals surface area contributed by atoms with E-state index in [0.717, 1.165) is 17.3 Å². The first-order chi connectivity index (χ1) is 5.62. The van der Waals surface area contributed by atoms with Crippen LogP contribution in [0.5, 0.6) is 0 Å². The summed E-state index contributed by atoms with van der Waals surface area (Å²) in [5.74, 6) is 0.474. The summed E-state index contributed by atoms with van der Waals surface area (Å²) in [4.78, 5) is 0. The second-order valence-corrected chi connectivity index (χ2v) is 4.28. The van der Waals surface area contributed by atoms with Crippen molar-refractivity contribution in [3.8, 4) is 0 Å². The molecule has 0 aromatic rings. The van der Waals surface area contributed by atoms with Crippen molar-refractivity contribution in [3.63, 3.8) is 0 Å². The number of allylic oxidation sites excluding steroid dienone is 2. The first-order valence-corrected chi connectivity index (χ1v) is 5.27. The van der Waals surface area contributed by atoms with Gasteiger partial charge in [0, 0.05) is 10.0 Å². The third kappa shape index (κ3) is 1.80. The number of hydrogen-bond donors (Lipinski definition) is 1. The molecule has 12 heavy (non-hydrogen) atoms. The van der Waals surface area contributed by atoms with Crippen molar-refractivity contribution in [2.24, 2.45) is 11.7 Å². The van der Waals surface area contributed by atoms with Crippen molar-refractivity contribution in [1.82, 2.24) is 0 Å². The zero-order valence-electron chi connectivity index (χ0n) is 7.68. The van der Waals surface area contributed by atoms with E-state index in [1.54, 1.807) is 0 Å². The Morgan fingerprint density at radius 1 is 1.58 bits per heavy atom.